The largest absolute Gasteiger partial charge is 0.462 e. The smallest absolute Gasteiger partial charge is 0.348 e. The molecule has 0 amide bonds. The first-order chi connectivity index (χ1) is 12.4. The molecule has 134 valence electrons. The van der Waals surface area contributed by atoms with E-state index in [1.807, 2.05) is 0 Å². The molecule has 0 spiro atoms. The van der Waals surface area contributed by atoms with Crippen molar-refractivity contribution in [3.8, 4) is 0 Å². The SMILES string of the molecule is CCOC(=O)c1sc2ncn(/N=C/c3ccc([N+](=O)[O-])s3)c(=O)c2c1C. The molecule has 0 aliphatic heterocycles. The van der Waals surface area contributed by atoms with Crippen LogP contribution >= 0.6 is 22.7 Å². The normalized spacial score (nSPS) is 11.3. The van der Waals surface area contributed by atoms with Gasteiger partial charge in [0.15, 0.2) is 0 Å². The minimum atomic E-state index is -0.493. The van der Waals surface area contributed by atoms with Crippen molar-refractivity contribution >= 4 is 50.1 Å². The van der Waals surface area contributed by atoms with Gasteiger partial charge in [0.1, 0.15) is 16.0 Å². The third-order valence-electron chi connectivity index (χ3n) is 3.40. The Kier molecular flexibility index (Phi) is 4.91. The molecule has 11 heteroatoms. The quantitative estimate of drug-likeness (QED) is 0.285. The number of carbonyl (C=O) groups excluding carboxylic acids is 1. The Morgan fingerprint density at radius 1 is 1.46 bits per heavy atom. The fraction of sp³-hybridized carbons (Fsp3) is 0.200. The summed E-state index contributed by atoms with van der Waals surface area (Å²) in [6, 6.07) is 2.91. The molecule has 0 radical (unpaired) electrons. The molecule has 0 saturated carbocycles. The van der Waals surface area contributed by atoms with Gasteiger partial charge >= 0.3 is 11.0 Å². The van der Waals surface area contributed by atoms with Crippen molar-refractivity contribution in [2.45, 2.75) is 13.8 Å². The third kappa shape index (κ3) is 3.26. The number of esters is 1. The van der Waals surface area contributed by atoms with Gasteiger partial charge in [-0.15, -0.1) is 11.3 Å². The van der Waals surface area contributed by atoms with Gasteiger partial charge in [0.25, 0.3) is 5.56 Å². The van der Waals surface area contributed by atoms with Crippen LogP contribution in [-0.2, 0) is 4.74 Å². The first-order valence-electron chi connectivity index (χ1n) is 7.38. The first-order valence-corrected chi connectivity index (χ1v) is 9.02. The molecule has 0 aliphatic rings. The van der Waals surface area contributed by atoms with E-state index >= 15 is 0 Å². The van der Waals surface area contributed by atoms with E-state index in [4.69, 9.17) is 4.74 Å². The van der Waals surface area contributed by atoms with Gasteiger partial charge in [-0.2, -0.15) is 9.78 Å². The predicted molar refractivity (Wildman–Crippen MR) is 98.5 cm³/mol. The van der Waals surface area contributed by atoms with Crippen molar-refractivity contribution in [1.82, 2.24) is 9.66 Å². The number of aromatic nitrogens is 2. The molecule has 0 unspecified atom stereocenters. The van der Waals surface area contributed by atoms with Gasteiger partial charge in [0.05, 0.1) is 28.0 Å². The Morgan fingerprint density at radius 3 is 2.88 bits per heavy atom. The molecule has 0 saturated heterocycles. The molecule has 0 fully saturated rings. The van der Waals surface area contributed by atoms with Crippen LogP contribution in [0.2, 0.25) is 0 Å². The van der Waals surface area contributed by atoms with Gasteiger partial charge in [0, 0.05) is 6.07 Å². The van der Waals surface area contributed by atoms with Crippen molar-refractivity contribution in [2.75, 3.05) is 6.61 Å². The lowest BCUT2D eigenvalue weighted by Gasteiger charge is -1.99. The summed E-state index contributed by atoms with van der Waals surface area (Å²) >= 11 is 2.04. The zero-order valence-corrected chi connectivity index (χ0v) is 15.3. The number of hydrogen-bond acceptors (Lipinski definition) is 9. The number of fused-ring (bicyclic) bond motifs is 1. The van der Waals surface area contributed by atoms with Crippen LogP contribution in [0.25, 0.3) is 10.2 Å². The van der Waals surface area contributed by atoms with Crippen LogP contribution in [0.5, 0.6) is 0 Å². The van der Waals surface area contributed by atoms with Gasteiger partial charge in [0.2, 0.25) is 0 Å². The molecule has 3 aromatic heterocycles. The van der Waals surface area contributed by atoms with Gasteiger partial charge < -0.3 is 4.74 Å². The zero-order valence-electron chi connectivity index (χ0n) is 13.7. The van der Waals surface area contributed by atoms with E-state index in [1.54, 1.807) is 13.8 Å². The number of aryl methyl sites for hydroxylation is 1. The molecule has 0 bridgehead atoms. The minimum Gasteiger partial charge on any atom is -0.462 e. The lowest BCUT2D eigenvalue weighted by molar-refractivity contribution is -0.380. The highest BCUT2D eigenvalue weighted by molar-refractivity contribution is 7.20. The maximum absolute atomic E-state index is 12.6. The fourth-order valence-electron chi connectivity index (χ4n) is 2.22. The summed E-state index contributed by atoms with van der Waals surface area (Å²) in [7, 11) is 0. The monoisotopic (exact) mass is 392 g/mol. The van der Waals surface area contributed by atoms with Gasteiger partial charge in [-0.3, -0.25) is 14.9 Å². The van der Waals surface area contributed by atoms with E-state index < -0.39 is 16.5 Å². The van der Waals surface area contributed by atoms with Gasteiger partial charge in [-0.1, -0.05) is 11.3 Å². The second-order valence-corrected chi connectivity index (χ2v) is 7.12. The van der Waals surface area contributed by atoms with E-state index in [2.05, 4.69) is 10.1 Å². The van der Waals surface area contributed by atoms with Crippen LogP contribution in [0.3, 0.4) is 0 Å². The standard InChI is InChI=1S/C15H12N4O5S2/c1-3-24-15(21)12-8(2)11-13(26-12)16-7-18(14(11)20)17-6-9-4-5-10(25-9)19(22)23/h4-7H,3H2,1-2H3/b17-6+. The number of nitrogens with zero attached hydrogens (tertiary/aromatic N) is 4. The maximum Gasteiger partial charge on any atom is 0.348 e. The average molecular weight is 392 g/mol. The molecule has 3 heterocycles. The summed E-state index contributed by atoms with van der Waals surface area (Å²) in [6.45, 7) is 3.60. The van der Waals surface area contributed by atoms with Crippen LogP contribution in [0.4, 0.5) is 5.00 Å². The number of hydrogen-bond donors (Lipinski definition) is 0. The van der Waals surface area contributed by atoms with E-state index in [1.165, 1.54) is 24.7 Å². The van der Waals surface area contributed by atoms with Crippen molar-refractivity contribution in [1.29, 1.82) is 0 Å². The minimum absolute atomic E-state index is 0.0138. The van der Waals surface area contributed by atoms with Crippen LogP contribution in [-0.4, -0.2) is 33.4 Å². The van der Waals surface area contributed by atoms with Crippen LogP contribution in [0, 0.1) is 17.0 Å². The summed E-state index contributed by atoms with van der Waals surface area (Å²) < 4.78 is 6.02. The topological polar surface area (TPSA) is 117 Å². The first kappa shape index (κ1) is 17.9. The molecular formula is C15H12N4O5S2. The Morgan fingerprint density at radius 2 is 2.23 bits per heavy atom. The molecule has 9 nitrogen and oxygen atoms in total. The van der Waals surface area contributed by atoms with Gasteiger partial charge in [-0.25, -0.2) is 9.78 Å². The van der Waals surface area contributed by atoms with E-state index in [0.717, 1.165) is 27.3 Å². The van der Waals surface area contributed by atoms with Crippen molar-refractivity contribution in [3.05, 3.63) is 54.2 Å². The fourth-order valence-corrected chi connectivity index (χ4v) is 3.94. The summed E-state index contributed by atoms with van der Waals surface area (Å²) in [5, 5.41) is 15.0. The highest BCUT2D eigenvalue weighted by Crippen LogP contribution is 2.27. The second kappa shape index (κ2) is 7.14. The Bertz CT molecular complexity index is 1100. The number of ether oxygens (including phenoxy) is 1. The molecule has 0 atom stereocenters. The number of thiophene rings is 2. The number of carbonyl (C=O) groups is 1. The summed E-state index contributed by atoms with van der Waals surface area (Å²) in [6.07, 6.45) is 2.59. The second-order valence-electron chi connectivity index (χ2n) is 5.03. The van der Waals surface area contributed by atoms with Crippen LogP contribution in [0.1, 0.15) is 27.0 Å². The number of nitro groups is 1. The van der Waals surface area contributed by atoms with Crippen molar-refractivity contribution in [3.63, 3.8) is 0 Å². The Hall–Kier alpha value is -2.92. The summed E-state index contributed by atoms with van der Waals surface area (Å²) in [5.41, 5.74) is 0.0684. The highest BCUT2D eigenvalue weighted by atomic mass is 32.1. The van der Waals surface area contributed by atoms with Crippen LogP contribution in [0.15, 0.2) is 28.4 Å². The number of rotatable bonds is 5. The average Bonchev–Trinajstić information content (AvgIpc) is 3.20. The van der Waals surface area contributed by atoms with Crippen molar-refractivity contribution < 1.29 is 14.5 Å². The molecule has 0 N–H and O–H groups in total. The molecule has 3 rings (SSSR count). The Balaban J connectivity index is 1.99. The van der Waals surface area contributed by atoms with E-state index in [0.29, 0.717) is 25.5 Å². The molecular weight excluding hydrogens is 380 g/mol. The third-order valence-corrected chi connectivity index (χ3v) is 5.55. The lowest BCUT2D eigenvalue weighted by Crippen LogP contribution is -2.17. The summed E-state index contributed by atoms with van der Waals surface area (Å²) in [4.78, 5) is 40.3. The lowest BCUT2D eigenvalue weighted by atomic mass is 10.2. The van der Waals surface area contributed by atoms with Crippen molar-refractivity contribution in [2.24, 2.45) is 5.10 Å². The summed E-state index contributed by atoms with van der Waals surface area (Å²) in [5.74, 6) is -0.492. The molecule has 0 aliphatic carbocycles. The maximum atomic E-state index is 12.6. The van der Waals surface area contributed by atoms with Gasteiger partial charge in [-0.05, 0) is 25.5 Å². The van der Waals surface area contributed by atoms with Crippen LogP contribution < -0.4 is 5.56 Å². The zero-order chi connectivity index (χ0) is 18.8. The molecule has 0 aromatic carbocycles. The Labute approximate surface area is 154 Å². The van der Waals surface area contributed by atoms with E-state index in [-0.39, 0.29) is 11.6 Å². The predicted octanol–water partition coefficient (Wildman–Crippen LogP) is 2.80. The highest BCUT2D eigenvalue weighted by Gasteiger charge is 2.20. The molecule has 26 heavy (non-hydrogen) atoms. The molecule has 3 aromatic rings. The van der Waals surface area contributed by atoms with E-state index in [9.17, 15) is 19.7 Å².